The van der Waals surface area contributed by atoms with Crippen LogP contribution in [0.15, 0.2) is 69.9 Å². The van der Waals surface area contributed by atoms with E-state index in [1.54, 1.807) is 25.1 Å². The van der Waals surface area contributed by atoms with Gasteiger partial charge >= 0.3 is 12.1 Å². The van der Waals surface area contributed by atoms with E-state index in [1.807, 2.05) is 19.9 Å². The highest BCUT2D eigenvalue weighted by Gasteiger charge is 2.40. The Balaban J connectivity index is 1.62. The molecule has 0 atom stereocenters. The van der Waals surface area contributed by atoms with E-state index in [9.17, 15) is 22.8 Å². The minimum atomic E-state index is -5.06. The van der Waals surface area contributed by atoms with Crippen molar-refractivity contribution in [3.05, 3.63) is 87.8 Å². The molecule has 0 saturated carbocycles. The first-order valence-corrected chi connectivity index (χ1v) is 11.5. The van der Waals surface area contributed by atoms with E-state index in [4.69, 9.17) is 23.4 Å². The monoisotopic (exact) mass is 528 g/mol. The second kappa shape index (κ2) is 10.9. The van der Waals surface area contributed by atoms with Crippen molar-refractivity contribution in [3.63, 3.8) is 0 Å². The van der Waals surface area contributed by atoms with Crippen molar-refractivity contribution < 1.29 is 41.3 Å². The minimum absolute atomic E-state index is 0.0826. The summed E-state index contributed by atoms with van der Waals surface area (Å²) >= 11 is 0. The molecule has 7 nitrogen and oxygen atoms in total. The van der Waals surface area contributed by atoms with E-state index in [0.29, 0.717) is 5.75 Å². The van der Waals surface area contributed by atoms with E-state index in [0.717, 1.165) is 17.2 Å². The molecule has 198 valence electrons. The number of hydrogen-bond donors (Lipinski definition) is 0. The fourth-order valence-electron chi connectivity index (χ4n) is 3.53. The first-order valence-electron chi connectivity index (χ1n) is 11.5. The van der Waals surface area contributed by atoms with Crippen LogP contribution in [0.4, 0.5) is 13.2 Å². The maximum absolute atomic E-state index is 13.9. The summed E-state index contributed by atoms with van der Waals surface area (Å²) in [5, 5.41) is -0.201. The zero-order valence-corrected chi connectivity index (χ0v) is 20.7. The fraction of sp³-hybridized carbons (Fsp3) is 0.214. The zero-order chi connectivity index (χ0) is 27.4. The van der Waals surface area contributed by atoms with Gasteiger partial charge in [0.1, 0.15) is 17.1 Å². The molecule has 0 aliphatic heterocycles. The average Bonchev–Trinajstić information content (AvgIpc) is 2.87. The molecule has 3 aromatic carbocycles. The molecule has 1 aromatic heterocycles. The molecule has 10 heteroatoms. The van der Waals surface area contributed by atoms with Gasteiger partial charge in [-0.2, -0.15) is 13.2 Å². The van der Waals surface area contributed by atoms with Crippen LogP contribution in [0.25, 0.3) is 11.0 Å². The van der Waals surface area contributed by atoms with Crippen molar-refractivity contribution in [2.24, 2.45) is 0 Å². The van der Waals surface area contributed by atoms with E-state index < -0.39 is 41.3 Å². The first-order chi connectivity index (χ1) is 18.1. The first kappa shape index (κ1) is 26.6. The number of carbonyl (C=O) groups is 1. The minimum Gasteiger partial charge on any atom is -0.490 e. The molecule has 0 bridgehead atoms. The molecule has 0 saturated heterocycles. The summed E-state index contributed by atoms with van der Waals surface area (Å²) in [6.07, 6.45) is -5.06. The molecule has 0 spiro atoms. The van der Waals surface area contributed by atoms with E-state index in [-0.39, 0.29) is 29.2 Å². The Morgan fingerprint density at radius 3 is 2.29 bits per heavy atom. The van der Waals surface area contributed by atoms with Gasteiger partial charge in [0, 0.05) is 6.07 Å². The third-order valence-corrected chi connectivity index (χ3v) is 5.51. The Bertz CT molecular complexity index is 1540. The van der Waals surface area contributed by atoms with Crippen molar-refractivity contribution in [2.45, 2.75) is 26.9 Å². The van der Waals surface area contributed by atoms with Crippen LogP contribution < -0.4 is 24.4 Å². The predicted octanol–water partition coefficient (Wildman–Crippen LogP) is 6.60. The lowest BCUT2D eigenvalue weighted by molar-refractivity contribution is -0.154. The molecular formula is C28H23F3O7. The van der Waals surface area contributed by atoms with E-state index in [1.165, 1.54) is 30.3 Å². The second-order valence-corrected chi connectivity index (χ2v) is 8.24. The van der Waals surface area contributed by atoms with Crippen LogP contribution in [0.2, 0.25) is 0 Å². The molecule has 0 amide bonds. The average molecular weight is 528 g/mol. The lowest BCUT2D eigenvalue weighted by Gasteiger charge is -2.15. The number of esters is 1. The zero-order valence-electron chi connectivity index (χ0n) is 20.7. The quantitative estimate of drug-likeness (QED) is 0.188. The summed E-state index contributed by atoms with van der Waals surface area (Å²) in [5.74, 6) is -3.06. The molecule has 0 aliphatic rings. The van der Waals surface area contributed by atoms with Crippen LogP contribution in [0.3, 0.4) is 0 Å². The van der Waals surface area contributed by atoms with Crippen LogP contribution in [0.1, 0.15) is 23.8 Å². The Morgan fingerprint density at radius 1 is 0.895 bits per heavy atom. The van der Waals surface area contributed by atoms with Crippen molar-refractivity contribution in [1.82, 2.24) is 0 Å². The third kappa shape index (κ3) is 5.91. The highest BCUT2D eigenvalue weighted by atomic mass is 19.4. The van der Waals surface area contributed by atoms with Crippen LogP contribution in [-0.4, -0.2) is 19.2 Å². The molecule has 0 N–H and O–H groups in total. The van der Waals surface area contributed by atoms with Crippen molar-refractivity contribution in [2.75, 3.05) is 13.2 Å². The van der Waals surface area contributed by atoms with Crippen LogP contribution in [0, 0.1) is 13.8 Å². The molecule has 0 unspecified atom stereocenters. The topological polar surface area (TPSA) is 84.2 Å². The van der Waals surface area contributed by atoms with Gasteiger partial charge in [-0.05, 0) is 68.3 Å². The van der Waals surface area contributed by atoms with Crippen molar-refractivity contribution in [1.29, 1.82) is 0 Å². The number of fused-ring (bicyclic) bond motifs is 1. The van der Waals surface area contributed by atoms with Gasteiger partial charge in [-0.1, -0.05) is 18.2 Å². The molecule has 4 aromatic rings. The largest absolute Gasteiger partial charge is 0.490 e. The van der Waals surface area contributed by atoms with Gasteiger partial charge in [0.05, 0.1) is 12.0 Å². The van der Waals surface area contributed by atoms with Crippen LogP contribution in [0.5, 0.6) is 28.7 Å². The van der Waals surface area contributed by atoms with E-state index >= 15 is 0 Å². The lowest BCUT2D eigenvalue weighted by Crippen LogP contribution is -2.18. The number of aryl methyl sites for hydroxylation is 2. The molecular weight excluding hydrogens is 505 g/mol. The van der Waals surface area contributed by atoms with Gasteiger partial charge in [0.2, 0.25) is 11.2 Å². The van der Waals surface area contributed by atoms with Gasteiger partial charge in [0.15, 0.2) is 18.1 Å². The standard InChI is InChI=1S/C28H23F3O7/c1-4-34-21-7-5-6-8-22(21)37-26-25(33)20-12-11-19(14-23(20)38-27(26)28(29,30)31)36-24(32)15-35-18-10-9-16(2)17(3)13-18/h5-14H,4,15H2,1-3H3. The highest BCUT2D eigenvalue weighted by Crippen LogP contribution is 2.40. The van der Waals surface area contributed by atoms with Crippen LogP contribution in [-0.2, 0) is 11.0 Å². The van der Waals surface area contributed by atoms with Gasteiger partial charge < -0.3 is 23.4 Å². The summed E-state index contributed by atoms with van der Waals surface area (Å²) in [7, 11) is 0. The molecule has 4 rings (SSSR count). The summed E-state index contributed by atoms with van der Waals surface area (Å²) in [5.41, 5.74) is 0.544. The normalized spacial score (nSPS) is 11.3. The highest BCUT2D eigenvalue weighted by molar-refractivity contribution is 5.81. The smallest absolute Gasteiger partial charge is 0.453 e. The second-order valence-electron chi connectivity index (χ2n) is 8.24. The van der Waals surface area contributed by atoms with E-state index in [2.05, 4.69) is 0 Å². The number of ether oxygens (including phenoxy) is 4. The number of hydrogen-bond acceptors (Lipinski definition) is 7. The van der Waals surface area contributed by atoms with Crippen molar-refractivity contribution in [3.8, 4) is 28.7 Å². The van der Waals surface area contributed by atoms with Gasteiger partial charge in [-0.15, -0.1) is 0 Å². The maximum atomic E-state index is 13.9. The molecule has 1 heterocycles. The Hall–Kier alpha value is -4.47. The number of carbonyl (C=O) groups excluding carboxylic acids is 1. The summed E-state index contributed by atoms with van der Waals surface area (Å²) < 4.78 is 68.1. The Kier molecular flexibility index (Phi) is 7.61. The van der Waals surface area contributed by atoms with Gasteiger partial charge in [-0.25, -0.2) is 4.79 Å². The number of rotatable bonds is 8. The number of halogens is 3. The molecule has 0 radical (unpaired) electrons. The lowest BCUT2D eigenvalue weighted by atomic mass is 10.1. The summed E-state index contributed by atoms with van der Waals surface area (Å²) in [6, 6.07) is 14.8. The summed E-state index contributed by atoms with van der Waals surface area (Å²) in [4.78, 5) is 25.3. The number of benzene rings is 3. The third-order valence-electron chi connectivity index (χ3n) is 5.51. The van der Waals surface area contributed by atoms with Crippen LogP contribution >= 0.6 is 0 Å². The van der Waals surface area contributed by atoms with Crippen molar-refractivity contribution >= 4 is 16.9 Å². The molecule has 38 heavy (non-hydrogen) atoms. The number of alkyl halides is 3. The SMILES string of the molecule is CCOc1ccccc1Oc1c(C(F)(F)F)oc2cc(OC(=O)COc3ccc(C)c(C)c3)ccc2c1=O. The number of para-hydroxylation sites is 2. The predicted molar refractivity (Wildman–Crippen MR) is 132 cm³/mol. The fourth-order valence-corrected chi connectivity index (χ4v) is 3.53. The maximum Gasteiger partial charge on any atom is 0.453 e. The van der Waals surface area contributed by atoms with Gasteiger partial charge in [0.25, 0.3) is 5.76 Å². The molecule has 0 aliphatic carbocycles. The summed E-state index contributed by atoms with van der Waals surface area (Å²) in [6.45, 7) is 5.32. The Morgan fingerprint density at radius 2 is 1.61 bits per heavy atom. The Labute approximate surface area is 215 Å². The van der Waals surface area contributed by atoms with Gasteiger partial charge in [-0.3, -0.25) is 4.79 Å². The molecule has 0 fully saturated rings.